The highest BCUT2D eigenvalue weighted by Gasteiger charge is 2.24. The zero-order valence-corrected chi connectivity index (χ0v) is 15.5. The number of thiazole rings is 1. The second kappa shape index (κ2) is 7.65. The molecule has 0 fully saturated rings. The second-order valence-corrected chi connectivity index (χ2v) is 7.34. The molecule has 3 aromatic heterocycles. The molecule has 132 valence electrons. The number of hydrogen-bond donors (Lipinski definition) is 0. The number of aromatic nitrogens is 5. The maximum absolute atomic E-state index is 12.6. The molecule has 0 saturated heterocycles. The van der Waals surface area contributed by atoms with Crippen LogP contribution in [0.2, 0.25) is 0 Å². The molecule has 0 aliphatic rings. The fourth-order valence-electron chi connectivity index (χ4n) is 2.42. The number of benzene rings is 1. The maximum atomic E-state index is 12.6. The van der Waals surface area contributed by atoms with Gasteiger partial charge in [-0.1, -0.05) is 42.1 Å². The third-order valence-corrected chi connectivity index (χ3v) is 5.50. The predicted octanol–water partition coefficient (Wildman–Crippen LogP) is 3.22. The highest BCUT2D eigenvalue weighted by molar-refractivity contribution is 7.99. The molecule has 4 aromatic rings. The number of hydrogen-bond acceptors (Lipinski definition) is 8. The van der Waals surface area contributed by atoms with Crippen molar-refractivity contribution in [3.8, 4) is 17.3 Å². The first-order valence-electron chi connectivity index (χ1n) is 7.98. The molecule has 9 heteroatoms. The fourth-order valence-corrected chi connectivity index (χ4v) is 4.04. The molecule has 4 rings (SSSR count). The van der Waals surface area contributed by atoms with Gasteiger partial charge in [0.2, 0.25) is 5.16 Å². The van der Waals surface area contributed by atoms with Crippen molar-refractivity contribution in [2.24, 2.45) is 0 Å². The van der Waals surface area contributed by atoms with Crippen molar-refractivity contribution in [1.82, 2.24) is 24.6 Å². The molecule has 1 unspecified atom stereocenters. The Morgan fingerprint density at radius 2 is 2.11 bits per heavy atom. The summed E-state index contributed by atoms with van der Waals surface area (Å²) in [6.07, 6.45) is 3.36. The molecule has 0 aliphatic heterocycles. The van der Waals surface area contributed by atoms with Gasteiger partial charge < -0.3 is 0 Å². The van der Waals surface area contributed by atoms with E-state index < -0.39 is 5.92 Å². The summed E-state index contributed by atoms with van der Waals surface area (Å²) in [5, 5.41) is 16.5. The van der Waals surface area contributed by atoms with Crippen molar-refractivity contribution in [3.63, 3.8) is 0 Å². The lowest BCUT2D eigenvalue weighted by molar-refractivity contribution is -0.116. The normalized spacial score (nSPS) is 12.0. The Labute approximate surface area is 162 Å². The van der Waals surface area contributed by atoms with Crippen LogP contribution in [0.3, 0.4) is 0 Å². The van der Waals surface area contributed by atoms with E-state index >= 15 is 0 Å². The molecule has 0 radical (unpaired) electrons. The van der Waals surface area contributed by atoms with Gasteiger partial charge in [-0.05, 0) is 6.07 Å². The zero-order valence-electron chi connectivity index (χ0n) is 13.9. The molecule has 0 bridgehead atoms. The quantitative estimate of drug-likeness (QED) is 0.465. The minimum Gasteiger partial charge on any atom is -0.297 e. The summed E-state index contributed by atoms with van der Waals surface area (Å²) in [6, 6.07) is 13.5. The standard InChI is InChI=1S/C18H12N6OS2/c19-9-13(16-21-14(10-26-16)12-5-2-1-3-6-12)15(25)11-27-18-22-17-20-7-4-8-24(17)23-18/h1-8,10,13H,11H2. The number of thioether (sulfide) groups is 1. The van der Waals surface area contributed by atoms with Crippen molar-refractivity contribution in [2.75, 3.05) is 5.75 Å². The van der Waals surface area contributed by atoms with E-state index in [4.69, 9.17) is 0 Å². The average Bonchev–Trinajstić information content (AvgIpc) is 3.34. The lowest BCUT2D eigenvalue weighted by Gasteiger charge is -2.03. The number of carbonyl (C=O) groups excluding carboxylic acids is 1. The minimum absolute atomic E-state index is 0.0926. The van der Waals surface area contributed by atoms with Gasteiger partial charge in [-0.2, -0.15) is 10.2 Å². The van der Waals surface area contributed by atoms with E-state index in [0.29, 0.717) is 15.9 Å². The first kappa shape index (κ1) is 17.3. The first-order chi connectivity index (χ1) is 13.2. The molecule has 1 aromatic carbocycles. The fraction of sp³-hybridized carbons (Fsp3) is 0.111. The Bertz CT molecular complexity index is 1100. The summed E-state index contributed by atoms with van der Waals surface area (Å²) in [5.74, 6) is -0.551. The van der Waals surface area contributed by atoms with Crippen molar-refractivity contribution in [1.29, 1.82) is 5.26 Å². The molecule has 0 N–H and O–H groups in total. The van der Waals surface area contributed by atoms with Gasteiger partial charge in [0.05, 0.1) is 17.5 Å². The van der Waals surface area contributed by atoms with Gasteiger partial charge in [-0.15, -0.1) is 16.4 Å². The second-order valence-electron chi connectivity index (χ2n) is 5.51. The first-order valence-corrected chi connectivity index (χ1v) is 9.84. The lowest BCUT2D eigenvalue weighted by Crippen LogP contribution is -2.13. The van der Waals surface area contributed by atoms with E-state index in [1.807, 2.05) is 35.7 Å². The molecule has 7 nitrogen and oxygen atoms in total. The SMILES string of the molecule is N#CC(C(=O)CSc1nc2ncccn2n1)c1nc(-c2ccccc2)cs1. The van der Waals surface area contributed by atoms with E-state index in [0.717, 1.165) is 11.3 Å². The number of Topliss-reactive ketones (excluding diaryl/α,β-unsaturated/α-hetero) is 1. The van der Waals surface area contributed by atoms with Crippen molar-refractivity contribution < 1.29 is 4.79 Å². The molecule has 27 heavy (non-hydrogen) atoms. The monoisotopic (exact) mass is 392 g/mol. The number of rotatable bonds is 6. The van der Waals surface area contributed by atoms with Crippen molar-refractivity contribution >= 4 is 34.7 Å². The Morgan fingerprint density at radius 3 is 2.89 bits per heavy atom. The lowest BCUT2D eigenvalue weighted by atomic mass is 10.1. The molecule has 0 saturated carbocycles. The van der Waals surface area contributed by atoms with Gasteiger partial charge >= 0.3 is 0 Å². The third-order valence-electron chi connectivity index (χ3n) is 3.73. The van der Waals surface area contributed by atoms with Crippen molar-refractivity contribution in [2.45, 2.75) is 11.1 Å². The number of fused-ring (bicyclic) bond motifs is 1. The number of carbonyl (C=O) groups is 1. The molecule has 0 amide bonds. The van der Waals surface area contributed by atoms with Crippen LogP contribution in [0.1, 0.15) is 10.9 Å². The van der Waals surface area contributed by atoms with Gasteiger partial charge in [-0.25, -0.2) is 14.5 Å². The van der Waals surface area contributed by atoms with Gasteiger partial charge in [0.1, 0.15) is 5.01 Å². The van der Waals surface area contributed by atoms with Crippen LogP contribution in [0.15, 0.2) is 59.3 Å². The summed E-state index contributed by atoms with van der Waals surface area (Å²) >= 11 is 2.51. The van der Waals surface area contributed by atoms with E-state index in [1.54, 1.807) is 23.0 Å². The Kier molecular flexibility index (Phi) is 4.91. The van der Waals surface area contributed by atoms with Crippen LogP contribution in [-0.2, 0) is 4.79 Å². The van der Waals surface area contributed by atoms with E-state index in [9.17, 15) is 10.1 Å². The van der Waals surface area contributed by atoms with Crippen LogP contribution >= 0.6 is 23.1 Å². The van der Waals surface area contributed by atoms with Crippen LogP contribution < -0.4 is 0 Å². The van der Waals surface area contributed by atoms with Crippen LogP contribution in [0, 0.1) is 11.3 Å². The predicted molar refractivity (Wildman–Crippen MR) is 102 cm³/mol. The number of nitriles is 1. The largest absolute Gasteiger partial charge is 0.297 e. The molecule has 0 spiro atoms. The summed E-state index contributed by atoms with van der Waals surface area (Å²) in [6.45, 7) is 0. The van der Waals surface area contributed by atoms with Crippen LogP contribution in [0.5, 0.6) is 0 Å². The molecular weight excluding hydrogens is 380 g/mol. The van der Waals surface area contributed by atoms with Gasteiger partial charge in [0.15, 0.2) is 11.7 Å². The summed E-state index contributed by atoms with van der Waals surface area (Å²) in [7, 11) is 0. The summed E-state index contributed by atoms with van der Waals surface area (Å²) < 4.78 is 1.54. The Morgan fingerprint density at radius 1 is 1.26 bits per heavy atom. The van der Waals surface area contributed by atoms with Crippen LogP contribution in [0.25, 0.3) is 17.0 Å². The van der Waals surface area contributed by atoms with E-state index in [1.165, 1.54) is 23.1 Å². The molecular formula is C18H12N6OS2. The van der Waals surface area contributed by atoms with Crippen molar-refractivity contribution in [3.05, 3.63) is 59.2 Å². The number of ketones is 1. The van der Waals surface area contributed by atoms with Crippen LogP contribution in [-0.4, -0.2) is 36.1 Å². The summed E-state index contributed by atoms with van der Waals surface area (Å²) in [5.41, 5.74) is 1.73. The zero-order chi connectivity index (χ0) is 18.6. The third kappa shape index (κ3) is 3.72. The van der Waals surface area contributed by atoms with Gasteiger partial charge in [0, 0.05) is 23.3 Å². The highest BCUT2D eigenvalue weighted by Crippen LogP contribution is 2.28. The minimum atomic E-state index is -0.893. The highest BCUT2D eigenvalue weighted by atomic mass is 32.2. The number of nitrogens with zero attached hydrogens (tertiary/aromatic N) is 6. The Hall–Kier alpha value is -3.09. The topological polar surface area (TPSA) is 96.8 Å². The Balaban J connectivity index is 1.47. The van der Waals surface area contributed by atoms with E-state index in [-0.39, 0.29) is 11.5 Å². The smallest absolute Gasteiger partial charge is 0.253 e. The maximum Gasteiger partial charge on any atom is 0.253 e. The molecule has 0 aliphatic carbocycles. The van der Waals surface area contributed by atoms with E-state index in [2.05, 4.69) is 26.1 Å². The molecule has 1 atom stereocenters. The summed E-state index contributed by atoms with van der Waals surface area (Å²) in [4.78, 5) is 25.4. The van der Waals surface area contributed by atoms with Crippen LogP contribution in [0.4, 0.5) is 0 Å². The molecule has 3 heterocycles. The average molecular weight is 392 g/mol. The van der Waals surface area contributed by atoms with Gasteiger partial charge in [-0.3, -0.25) is 4.79 Å². The van der Waals surface area contributed by atoms with Gasteiger partial charge in [0.25, 0.3) is 5.78 Å².